The predicted molar refractivity (Wildman–Crippen MR) is 78.1 cm³/mol. The van der Waals surface area contributed by atoms with Crippen molar-refractivity contribution in [1.82, 2.24) is 10.3 Å². The Morgan fingerprint density at radius 1 is 1.33 bits per heavy atom. The van der Waals surface area contributed by atoms with Gasteiger partial charge in [-0.2, -0.15) is 0 Å². The Bertz CT molecular complexity index is 464. The lowest BCUT2D eigenvalue weighted by Crippen LogP contribution is -2.23. The van der Waals surface area contributed by atoms with Gasteiger partial charge in [-0.1, -0.05) is 19.9 Å². The van der Waals surface area contributed by atoms with Gasteiger partial charge in [0.2, 0.25) is 0 Å². The second kappa shape index (κ2) is 6.66. The zero-order chi connectivity index (χ0) is 12.8. The number of thiophene rings is 1. The van der Waals surface area contributed by atoms with Crippen molar-refractivity contribution >= 4 is 11.3 Å². The first-order chi connectivity index (χ1) is 8.86. The first-order valence-electron chi connectivity index (χ1n) is 6.56. The summed E-state index contributed by atoms with van der Waals surface area (Å²) in [5.74, 6) is 0. The second-order valence-corrected chi connectivity index (χ2v) is 5.28. The highest BCUT2D eigenvalue weighted by Gasteiger charge is 2.17. The van der Waals surface area contributed by atoms with Crippen LogP contribution in [0.25, 0.3) is 0 Å². The zero-order valence-electron chi connectivity index (χ0n) is 11.0. The summed E-state index contributed by atoms with van der Waals surface area (Å²) in [6.07, 6.45) is 6.02. The van der Waals surface area contributed by atoms with Gasteiger partial charge in [-0.3, -0.25) is 4.98 Å². The van der Waals surface area contributed by atoms with E-state index in [1.807, 2.05) is 29.8 Å². The third-order valence-electron chi connectivity index (χ3n) is 3.04. The normalized spacial score (nSPS) is 12.6. The average molecular weight is 260 g/mol. The number of aryl methyl sites for hydroxylation is 1. The molecule has 2 aromatic rings. The minimum atomic E-state index is 0.286. The molecule has 2 rings (SSSR count). The predicted octanol–water partition coefficient (Wildman–Crippen LogP) is 3.79. The molecule has 1 unspecified atom stereocenters. The lowest BCUT2D eigenvalue weighted by atomic mass is 10.0. The van der Waals surface area contributed by atoms with Crippen LogP contribution in [-0.2, 0) is 6.42 Å². The molecule has 0 spiro atoms. The topological polar surface area (TPSA) is 24.9 Å². The van der Waals surface area contributed by atoms with Crippen LogP contribution in [0.15, 0.2) is 36.0 Å². The molecule has 1 N–H and O–H groups in total. The molecule has 2 heterocycles. The van der Waals surface area contributed by atoms with E-state index in [4.69, 9.17) is 0 Å². The van der Waals surface area contributed by atoms with E-state index in [1.165, 1.54) is 16.0 Å². The van der Waals surface area contributed by atoms with E-state index in [0.717, 1.165) is 19.4 Å². The van der Waals surface area contributed by atoms with Gasteiger partial charge in [-0.25, -0.2) is 0 Å². The maximum absolute atomic E-state index is 4.24. The van der Waals surface area contributed by atoms with Crippen LogP contribution in [0.3, 0.4) is 0 Å². The monoisotopic (exact) mass is 260 g/mol. The van der Waals surface area contributed by atoms with Crippen molar-refractivity contribution in [2.75, 3.05) is 6.54 Å². The largest absolute Gasteiger partial charge is 0.306 e. The number of pyridine rings is 1. The van der Waals surface area contributed by atoms with Crippen molar-refractivity contribution in [3.8, 4) is 0 Å². The summed E-state index contributed by atoms with van der Waals surface area (Å²) in [6.45, 7) is 5.44. The van der Waals surface area contributed by atoms with Crippen molar-refractivity contribution in [1.29, 1.82) is 0 Å². The number of hydrogen-bond acceptors (Lipinski definition) is 3. The van der Waals surface area contributed by atoms with E-state index >= 15 is 0 Å². The molecular formula is C15H20N2S. The molecule has 0 aliphatic rings. The molecule has 0 bridgehead atoms. The van der Waals surface area contributed by atoms with Gasteiger partial charge in [0, 0.05) is 17.3 Å². The highest BCUT2D eigenvalue weighted by molar-refractivity contribution is 7.10. The quantitative estimate of drug-likeness (QED) is 0.854. The van der Waals surface area contributed by atoms with Crippen LogP contribution in [0, 0.1) is 0 Å². The van der Waals surface area contributed by atoms with Crippen molar-refractivity contribution in [3.63, 3.8) is 0 Å². The second-order valence-electron chi connectivity index (χ2n) is 4.34. The summed E-state index contributed by atoms with van der Waals surface area (Å²) >= 11 is 1.84. The standard InChI is InChI=1S/C15H20N2S/c1-3-8-17-14(13-6-5-9-16-11-13)15-12(4-2)7-10-18-15/h5-7,9-11,14,17H,3-4,8H2,1-2H3. The summed E-state index contributed by atoms with van der Waals surface area (Å²) in [5, 5.41) is 5.82. The average Bonchev–Trinajstić information content (AvgIpc) is 2.89. The van der Waals surface area contributed by atoms with Gasteiger partial charge in [0.25, 0.3) is 0 Å². The molecule has 0 saturated carbocycles. The number of nitrogens with zero attached hydrogens (tertiary/aromatic N) is 1. The van der Waals surface area contributed by atoms with Gasteiger partial charge in [0.05, 0.1) is 6.04 Å². The molecule has 3 heteroatoms. The molecule has 0 aliphatic carbocycles. The lowest BCUT2D eigenvalue weighted by Gasteiger charge is -2.19. The fourth-order valence-corrected chi connectivity index (χ4v) is 3.19. The third-order valence-corrected chi connectivity index (χ3v) is 4.06. The minimum Gasteiger partial charge on any atom is -0.306 e. The maximum atomic E-state index is 4.24. The fourth-order valence-electron chi connectivity index (χ4n) is 2.09. The van der Waals surface area contributed by atoms with Crippen LogP contribution in [-0.4, -0.2) is 11.5 Å². The van der Waals surface area contributed by atoms with Crippen LogP contribution >= 0.6 is 11.3 Å². The number of aromatic nitrogens is 1. The molecule has 2 aromatic heterocycles. The Balaban J connectivity index is 2.31. The first-order valence-corrected chi connectivity index (χ1v) is 7.44. The highest BCUT2D eigenvalue weighted by atomic mass is 32.1. The molecule has 1 atom stereocenters. The summed E-state index contributed by atoms with van der Waals surface area (Å²) in [6, 6.07) is 6.68. The lowest BCUT2D eigenvalue weighted by molar-refractivity contribution is 0.601. The molecule has 2 nitrogen and oxygen atoms in total. The van der Waals surface area contributed by atoms with Crippen LogP contribution in [0.1, 0.15) is 42.3 Å². The molecule has 0 saturated heterocycles. The fraction of sp³-hybridized carbons (Fsp3) is 0.400. The van der Waals surface area contributed by atoms with Crippen molar-refractivity contribution in [3.05, 3.63) is 52.0 Å². The van der Waals surface area contributed by atoms with Crippen LogP contribution in [0.5, 0.6) is 0 Å². The molecule has 0 fully saturated rings. The minimum absolute atomic E-state index is 0.286. The molecular weight excluding hydrogens is 240 g/mol. The van der Waals surface area contributed by atoms with Gasteiger partial charge >= 0.3 is 0 Å². The van der Waals surface area contributed by atoms with Gasteiger partial charge in [0.1, 0.15) is 0 Å². The molecule has 96 valence electrons. The number of nitrogens with one attached hydrogen (secondary N) is 1. The smallest absolute Gasteiger partial charge is 0.0688 e. The Hall–Kier alpha value is -1.19. The molecule has 0 amide bonds. The van der Waals surface area contributed by atoms with Crippen molar-refractivity contribution < 1.29 is 0 Å². The van der Waals surface area contributed by atoms with Crippen LogP contribution < -0.4 is 5.32 Å². The zero-order valence-corrected chi connectivity index (χ0v) is 11.8. The maximum Gasteiger partial charge on any atom is 0.0688 e. The van der Waals surface area contributed by atoms with Gasteiger partial charge in [-0.15, -0.1) is 11.3 Å². The van der Waals surface area contributed by atoms with Crippen molar-refractivity contribution in [2.24, 2.45) is 0 Å². The van der Waals surface area contributed by atoms with E-state index in [0.29, 0.717) is 0 Å². The van der Waals surface area contributed by atoms with E-state index in [9.17, 15) is 0 Å². The van der Waals surface area contributed by atoms with Crippen LogP contribution in [0.2, 0.25) is 0 Å². The number of rotatable bonds is 6. The Morgan fingerprint density at radius 2 is 2.22 bits per heavy atom. The number of hydrogen-bond donors (Lipinski definition) is 1. The Kier molecular flexibility index (Phi) is 4.90. The molecule has 18 heavy (non-hydrogen) atoms. The summed E-state index contributed by atoms with van der Waals surface area (Å²) in [5.41, 5.74) is 2.69. The van der Waals surface area contributed by atoms with Gasteiger partial charge in [0.15, 0.2) is 0 Å². The van der Waals surface area contributed by atoms with E-state index in [1.54, 1.807) is 0 Å². The SMILES string of the molecule is CCCNC(c1cccnc1)c1sccc1CC. The van der Waals surface area contributed by atoms with Crippen molar-refractivity contribution in [2.45, 2.75) is 32.7 Å². The van der Waals surface area contributed by atoms with E-state index in [2.05, 4.69) is 41.7 Å². The summed E-state index contributed by atoms with van der Waals surface area (Å²) in [4.78, 5) is 5.67. The molecule has 0 radical (unpaired) electrons. The summed E-state index contributed by atoms with van der Waals surface area (Å²) in [7, 11) is 0. The third kappa shape index (κ3) is 2.98. The van der Waals surface area contributed by atoms with Gasteiger partial charge in [-0.05, 0) is 48.0 Å². The van der Waals surface area contributed by atoms with E-state index in [-0.39, 0.29) is 6.04 Å². The molecule has 0 aliphatic heterocycles. The Labute approximate surface area is 113 Å². The molecule has 0 aromatic carbocycles. The highest BCUT2D eigenvalue weighted by Crippen LogP contribution is 2.29. The van der Waals surface area contributed by atoms with E-state index < -0.39 is 0 Å². The Morgan fingerprint density at radius 3 is 2.89 bits per heavy atom. The van der Waals surface area contributed by atoms with Gasteiger partial charge < -0.3 is 5.32 Å². The van der Waals surface area contributed by atoms with Crippen LogP contribution in [0.4, 0.5) is 0 Å². The summed E-state index contributed by atoms with van der Waals surface area (Å²) < 4.78 is 0. The first kappa shape index (κ1) is 13.2.